The first-order valence-corrected chi connectivity index (χ1v) is 12.7. The molecule has 1 aromatic heterocycles. The van der Waals surface area contributed by atoms with Gasteiger partial charge in [-0.25, -0.2) is 4.98 Å². The van der Waals surface area contributed by atoms with Crippen LogP contribution in [-0.4, -0.2) is 73.9 Å². The summed E-state index contributed by atoms with van der Waals surface area (Å²) in [6.45, 7) is 8.92. The average molecular weight is 443 g/mol. The highest BCUT2D eigenvalue weighted by atomic mass is 16.5. The number of morpholine rings is 1. The van der Waals surface area contributed by atoms with E-state index in [0.717, 1.165) is 44.6 Å². The number of anilines is 1. The van der Waals surface area contributed by atoms with Crippen molar-refractivity contribution >= 4 is 11.8 Å². The quantitative estimate of drug-likeness (QED) is 0.521. The number of guanidine groups is 1. The van der Waals surface area contributed by atoms with Gasteiger partial charge in [0.2, 0.25) is 0 Å². The second-order valence-electron chi connectivity index (χ2n) is 9.76. The molecule has 1 aliphatic carbocycles. The molecule has 7 nitrogen and oxygen atoms in total. The summed E-state index contributed by atoms with van der Waals surface area (Å²) in [5, 5.41) is 7.17. The molecule has 1 aromatic rings. The molecule has 0 radical (unpaired) electrons. The van der Waals surface area contributed by atoms with Crippen molar-refractivity contribution in [1.29, 1.82) is 0 Å². The molecule has 1 unspecified atom stereocenters. The lowest BCUT2D eigenvalue weighted by atomic mass is 9.79. The Hall–Kier alpha value is -1.86. The summed E-state index contributed by atoms with van der Waals surface area (Å²) in [7, 11) is 1.87. The van der Waals surface area contributed by atoms with Gasteiger partial charge in [-0.1, -0.05) is 31.7 Å². The van der Waals surface area contributed by atoms with Crippen LogP contribution < -0.4 is 15.5 Å². The Morgan fingerprint density at radius 3 is 2.56 bits per heavy atom. The first-order valence-electron chi connectivity index (χ1n) is 12.7. The largest absolute Gasteiger partial charge is 0.375 e. The van der Waals surface area contributed by atoms with E-state index in [9.17, 15) is 0 Å². The van der Waals surface area contributed by atoms with E-state index in [4.69, 9.17) is 9.72 Å². The van der Waals surface area contributed by atoms with Gasteiger partial charge in [-0.2, -0.15) is 0 Å². The van der Waals surface area contributed by atoms with Gasteiger partial charge < -0.3 is 20.3 Å². The molecule has 178 valence electrons. The number of hydrogen-bond acceptors (Lipinski definition) is 5. The second kappa shape index (κ2) is 11.3. The number of nitrogens with zero attached hydrogens (tertiary/aromatic N) is 4. The molecule has 0 spiro atoms. The van der Waals surface area contributed by atoms with Gasteiger partial charge in [-0.15, -0.1) is 0 Å². The maximum absolute atomic E-state index is 5.64. The third kappa shape index (κ3) is 5.93. The first kappa shape index (κ1) is 23.3. The van der Waals surface area contributed by atoms with E-state index in [1.54, 1.807) is 0 Å². The van der Waals surface area contributed by atoms with Crippen LogP contribution in [0.2, 0.25) is 0 Å². The van der Waals surface area contributed by atoms with E-state index in [1.165, 1.54) is 70.0 Å². The number of nitrogens with one attached hydrogen (secondary N) is 2. The minimum Gasteiger partial charge on any atom is -0.375 e. The van der Waals surface area contributed by atoms with Gasteiger partial charge in [0.1, 0.15) is 5.82 Å². The zero-order chi connectivity index (χ0) is 22.2. The zero-order valence-corrected chi connectivity index (χ0v) is 20.1. The Labute approximate surface area is 194 Å². The lowest BCUT2D eigenvalue weighted by Gasteiger charge is -2.48. The van der Waals surface area contributed by atoms with Gasteiger partial charge >= 0.3 is 0 Å². The van der Waals surface area contributed by atoms with Crippen molar-refractivity contribution in [3.63, 3.8) is 0 Å². The molecule has 32 heavy (non-hydrogen) atoms. The number of likely N-dealkylation sites (tertiary alicyclic amines) is 1. The molecule has 2 aliphatic heterocycles. The van der Waals surface area contributed by atoms with Gasteiger partial charge in [-0.3, -0.25) is 9.89 Å². The van der Waals surface area contributed by atoms with Crippen molar-refractivity contribution in [2.75, 3.05) is 51.3 Å². The van der Waals surface area contributed by atoms with Crippen LogP contribution >= 0.6 is 0 Å². The minimum absolute atomic E-state index is 0.263. The van der Waals surface area contributed by atoms with Crippen molar-refractivity contribution in [3.8, 4) is 0 Å². The number of rotatable bonds is 6. The van der Waals surface area contributed by atoms with E-state index in [-0.39, 0.29) is 6.10 Å². The first-order chi connectivity index (χ1) is 15.7. The van der Waals surface area contributed by atoms with Crippen LogP contribution in [0.15, 0.2) is 23.3 Å². The summed E-state index contributed by atoms with van der Waals surface area (Å²) in [6.07, 6.45) is 13.0. The topological polar surface area (TPSA) is 65.0 Å². The maximum atomic E-state index is 5.64. The van der Waals surface area contributed by atoms with E-state index in [1.807, 2.05) is 13.2 Å². The SMILES string of the molecule is CN=C(NCc1ccc(N2CCOC(C)C2)nc1)NCC1(N2CCCCC2)CCCCC1. The highest BCUT2D eigenvalue weighted by molar-refractivity contribution is 5.79. The van der Waals surface area contributed by atoms with E-state index >= 15 is 0 Å². The number of aliphatic imine (C=N–C) groups is 1. The Morgan fingerprint density at radius 1 is 1.09 bits per heavy atom. The van der Waals surface area contributed by atoms with Crippen molar-refractivity contribution in [3.05, 3.63) is 23.9 Å². The van der Waals surface area contributed by atoms with E-state index in [0.29, 0.717) is 5.54 Å². The lowest BCUT2D eigenvalue weighted by Crippen LogP contribution is -2.59. The molecule has 3 aliphatic rings. The standard InChI is InChI=1S/C25H42N6O/c1-21-19-30(15-16-32-21)23-10-9-22(17-27-23)18-28-24(26-2)29-20-25(11-5-3-6-12-25)31-13-7-4-8-14-31/h9-10,17,21H,3-8,11-16,18-20H2,1-2H3,(H2,26,28,29). The highest BCUT2D eigenvalue weighted by Gasteiger charge is 2.38. The van der Waals surface area contributed by atoms with Crippen LogP contribution in [0.1, 0.15) is 63.9 Å². The lowest BCUT2D eigenvalue weighted by molar-refractivity contribution is 0.0368. The number of aromatic nitrogens is 1. The highest BCUT2D eigenvalue weighted by Crippen LogP contribution is 2.35. The summed E-state index contributed by atoms with van der Waals surface area (Å²) < 4.78 is 5.64. The van der Waals surface area contributed by atoms with Gasteiger partial charge in [0, 0.05) is 45.0 Å². The molecule has 1 atom stereocenters. The number of hydrogen-bond donors (Lipinski definition) is 2. The minimum atomic E-state index is 0.263. The van der Waals surface area contributed by atoms with Crippen LogP contribution in [0.3, 0.4) is 0 Å². The molecule has 0 amide bonds. The van der Waals surface area contributed by atoms with Crippen LogP contribution in [-0.2, 0) is 11.3 Å². The third-order valence-electron chi connectivity index (χ3n) is 7.45. The molecule has 7 heteroatoms. The number of pyridine rings is 1. The third-order valence-corrected chi connectivity index (χ3v) is 7.45. The molecule has 0 bridgehead atoms. The van der Waals surface area contributed by atoms with Gasteiger partial charge in [0.25, 0.3) is 0 Å². The molecule has 2 N–H and O–H groups in total. The normalized spacial score (nSPS) is 24.9. The molecular formula is C25H42N6O. The predicted octanol–water partition coefficient (Wildman–Crippen LogP) is 3.16. The molecule has 1 saturated carbocycles. The van der Waals surface area contributed by atoms with Crippen LogP contribution in [0.5, 0.6) is 0 Å². The Morgan fingerprint density at radius 2 is 1.88 bits per heavy atom. The van der Waals surface area contributed by atoms with Crippen molar-refractivity contribution in [2.45, 2.75) is 76.5 Å². The molecule has 0 aromatic carbocycles. The predicted molar refractivity (Wildman–Crippen MR) is 131 cm³/mol. The van der Waals surface area contributed by atoms with E-state index in [2.05, 4.69) is 44.5 Å². The molecule has 4 rings (SSSR count). The molecule has 3 heterocycles. The second-order valence-corrected chi connectivity index (χ2v) is 9.76. The summed E-state index contributed by atoms with van der Waals surface area (Å²) in [5.41, 5.74) is 1.47. The summed E-state index contributed by atoms with van der Waals surface area (Å²) in [5.74, 6) is 1.92. The monoisotopic (exact) mass is 442 g/mol. The van der Waals surface area contributed by atoms with Crippen LogP contribution in [0, 0.1) is 0 Å². The van der Waals surface area contributed by atoms with Crippen molar-refractivity contribution in [1.82, 2.24) is 20.5 Å². The number of ether oxygens (including phenoxy) is 1. The summed E-state index contributed by atoms with van der Waals surface area (Å²) in [6, 6.07) is 4.29. The van der Waals surface area contributed by atoms with Gasteiger partial charge in [-0.05, 0) is 57.3 Å². The average Bonchev–Trinajstić information content (AvgIpc) is 2.85. The van der Waals surface area contributed by atoms with Crippen molar-refractivity contribution < 1.29 is 4.74 Å². The van der Waals surface area contributed by atoms with Crippen LogP contribution in [0.4, 0.5) is 5.82 Å². The summed E-state index contributed by atoms with van der Waals surface area (Å²) in [4.78, 5) is 14.3. The Balaban J connectivity index is 1.29. The maximum Gasteiger partial charge on any atom is 0.191 e. The summed E-state index contributed by atoms with van der Waals surface area (Å²) >= 11 is 0. The Bertz CT molecular complexity index is 724. The fourth-order valence-electron chi connectivity index (χ4n) is 5.57. The molecule has 3 fully saturated rings. The molecule has 2 saturated heterocycles. The van der Waals surface area contributed by atoms with Gasteiger partial charge in [0.05, 0.1) is 12.7 Å². The Kier molecular flexibility index (Phi) is 8.25. The zero-order valence-electron chi connectivity index (χ0n) is 20.1. The fourth-order valence-corrected chi connectivity index (χ4v) is 5.57. The van der Waals surface area contributed by atoms with Crippen molar-refractivity contribution in [2.24, 2.45) is 4.99 Å². The van der Waals surface area contributed by atoms with Crippen LogP contribution in [0.25, 0.3) is 0 Å². The molecular weight excluding hydrogens is 400 g/mol. The smallest absolute Gasteiger partial charge is 0.191 e. The fraction of sp³-hybridized carbons (Fsp3) is 0.760. The van der Waals surface area contributed by atoms with Gasteiger partial charge in [0.15, 0.2) is 5.96 Å². The number of piperidine rings is 1. The van der Waals surface area contributed by atoms with E-state index < -0.39 is 0 Å².